The summed E-state index contributed by atoms with van der Waals surface area (Å²) in [4.78, 5) is 24.0. The molecule has 0 aliphatic carbocycles. The fourth-order valence-corrected chi connectivity index (χ4v) is 3.87. The molecule has 3 heterocycles. The Morgan fingerprint density at radius 3 is 2.25 bits per heavy atom. The van der Waals surface area contributed by atoms with Gasteiger partial charge in [-0.05, 0) is 24.8 Å². The molecule has 0 radical (unpaired) electrons. The number of amides is 2. The molecule has 1 unspecified atom stereocenters. The Morgan fingerprint density at radius 1 is 1.06 bits per heavy atom. The third-order valence-corrected chi connectivity index (χ3v) is 5.46. The second kappa shape index (κ2) is 12.7. The van der Waals surface area contributed by atoms with E-state index >= 15 is 0 Å². The lowest BCUT2D eigenvalue weighted by Crippen LogP contribution is -3.00. The number of nitrogens with one attached hydrogen (secondary N) is 2. The van der Waals surface area contributed by atoms with Crippen LogP contribution in [0, 0.1) is 0 Å². The number of hydrogen-bond acceptors (Lipinski definition) is 4. The van der Waals surface area contributed by atoms with Crippen molar-refractivity contribution in [3.05, 3.63) is 53.1 Å². The molecule has 176 valence electrons. The Bertz CT molecular complexity index is 898. The predicted octanol–water partition coefficient (Wildman–Crippen LogP) is 0.125. The molecule has 2 amide bonds. The molecule has 1 aliphatic heterocycles. The number of nitrogens with zero attached hydrogens (tertiary/aromatic N) is 2. The zero-order chi connectivity index (χ0) is 22.2. The maximum absolute atomic E-state index is 12.0. The van der Waals surface area contributed by atoms with Crippen molar-refractivity contribution in [2.75, 3.05) is 13.1 Å². The molecule has 0 aromatic carbocycles. The second-order valence-electron chi connectivity index (χ2n) is 7.86. The van der Waals surface area contributed by atoms with Crippen LogP contribution in [0.5, 0.6) is 0 Å². The number of fused-ring (bicyclic) bond motifs is 1. The topological polar surface area (TPSA) is 85.5 Å². The van der Waals surface area contributed by atoms with E-state index in [1.54, 1.807) is 0 Å². The number of hydrogen-bond donors (Lipinski definition) is 2. The molecule has 0 saturated heterocycles. The van der Waals surface area contributed by atoms with Gasteiger partial charge in [-0.1, -0.05) is 13.8 Å². The van der Waals surface area contributed by atoms with Crippen LogP contribution < -0.4 is 39.2 Å². The lowest BCUT2D eigenvalue weighted by atomic mass is 9.92. The van der Waals surface area contributed by atoms with Crippen molar-refractivity contribution in [2.24, 2.45) is 7.05 Å². The molecule has 1 atom stereocenters. The Hall–Kier alpha value is -2.30. The van der Waals surface area contributed by atoms with E-state index in [0.29, 0.717) is 13.1 Å². The number of ether oxygens (including phenoxy) is 2. The SMILES string of the molecule is CCCNC(=O)OCc1cn2c(c1COC(=O)NCCC)C(c1cc[n+](C)cc1)CC2.[I-]. The maximum Gasteiger partial charge on any atom is 0.407 e. The number of alkyl carbamates (subject to hydrolysis) is 2. The summed E-state index contributed by atoms with van der Waals surface area (Å²) in [6, 6.07) is 4.25. The zero-order valence-electron chi connectivity index (χ0n) is 19.0. The van der Waals surface area contributed by atoms with E-state index in [0.717, 1.165) is 42.6 Å². The summed E-state index contributed by atoms with van der Waals surface area (Å²) < 4.78 is 15.1. The van der Waals surface area contributed by atoms with Crippen LogP contribution >= 0.6 is 0 Å². The van der Waals surface area contributed by atoms with Crippen molar-refractivity contribution in [1.29, 1.82) is 0 Å². The average molecular weight is 556 g/mol. The highest BCUT2D eigenvalue weighted by molar-refractivity contribution is 5.67. The van der Waals surface area contributed by atoms with Gasteiger partial charge in [-0.25, -0.2) is 14.2 Å². The van der Waals surface area contributed by atoms with Crippen LogP contribution in [-0.4, -0.2) is 29.8 Å². The number of aryl methyl sites for hydroxylation is 2. The summed E-state index contributed by atoms with van der Waals surface area (Å²) in [6.45, 7) is 6.28. The van der Waals surface area contributed by atoms with Gasteiger partial charge in [0, 0.05) is 60.7 Å². The minimum absolute atomic E-state index is 0. The molecule has 3 rings (SSSR count). The molecule has 8 nitrogen and oxygen atoms in total. The van der Waals surface area contributed by atoms with Gasteiger partial charge in [-0.3, -0.25) is 0 Å². The zero-order valence-corrected chi connectivity index (χ0v) is 21.2. The quantitative estimate of drug-likeness (QED) is 0.340. The second-order valence-corrected chi connectivity index (χ2v) is 7.86. The van der Waals surface area contributed by atoms with E-state index < -0.39 is 12.2 Å². The minimum atomic E-state index is -0.437. The first-order chi connectivity index (χ1) is 15.0. The largest absolute Gasteiger partial charge is 1.00 e. The van der Waals surface area contributed by atoms with Gasteiger partial charge in [0.1, 0.15) is 20.3 Å². The Labute approximate surface area is 206 Å². The van der Waals surface area contributed by atoms with Gasteiger partial charge in [0.15, 0.2) is 12.4 Å². The van der Waals surface area contributed by atoms with E-state index in [9.17, 15) is 9.59 Å². The highest BCUT2D eigenvalue weighted by Gasteiger charge is 2.31. The number of carbonyl (C=O) groups excluding carboxylic acids is 2. The fourth-order valence-electron chi connectivity index (χ4n) is 3.87. The molecule has 2 aromatic rings. The van der Waals surface area contributed by atoms with Gasteiger partial charge in [0.05, 0.1) is 0 Å². The van der Waals surface area contributed by atoms with E-state index in [-0.39, 0.29) is 43.1 Å². The summed E-state index contributed by atoms with van der Waals surface area (Å²) in [5.74, 6) is 0.209. The summed E-state index contributed by atoms with van der Waals surface area (Å²) in [5, 5.41) is 5.46. The van der Waals surface area contributed by atoms with Crippen molar-refractivity contribution < 1.29 is 47.6 Å². The highest BCUT2D eigenvalue weighted by atomic mass is 127. The van der Waals surface area contributed by atoms with Crippen molar-refractivity contribution in [3.63, 3.8) is 0 Å². The first kappa shape index (κ1) is 26.0. The Balaban J connectivity index is 0.00000363. The molecular formula is C23H33IN4O4. The highest BCUT2D eigenvalue weighted by Crippen LogP contribution is 2.39. The molecular weight excluding hydrogens is 523 g/mol. The van der Waals surface area contributed by atoms with Crippen LogP contribution in [0.2, 0.25) is 0 Å². The molecule has 1 aliphatic rings. The molecule has 9 heteroatoms. The van der Waals surface area contributed by atoms with Gasteiger partial charge in [-0.2, -0.15) is 0 Å². The number of aromatic nitrogens is 2. The molecule has 0 spiro atoms. The average Bonchev–Trinajstić information content (AvgIpc) is 3.33. The van der Waals surface area contributed by atoms with E-state index in [1.807, 2.05) is 44.1 Å². The van der Waals surface area contributed by atoms with Crippen molar-refractivity contribution in [2.45, 2.75) is 58.8 Å². The predicted molar refractivity (Wildman–Crippen MR) is 115 cm³/mol. The van der Waals surface area contributed by atoms with Gasteiger partial charge >= 0.3 is 12.2 Å². The summed E-state index contributed by atoms with van der Waals surface area (Å²) >= 11 is 0. The third kappa shape index (κ3) is 6.60. The van der Waals surface area contributed by atoms with E-state index in [1.165, 1.54) is 5.56 Å². The number of halogens is 1. The van der Waals surface area contributed by atoms with Gasteiger partial charge in [0.2, 0.25) is 0 Å². The van der Waals surface area contributed by atoms with Crippen LogP contribution in [0.25, 0.3) is 0 Å². The molecule has 0 fully saturated rings. The first-order valence-electron chi connectivity index (χ1n) is 11.0. The van der Waals surface area contributed by atoms with Crippen LogP contribution in [0.15, 0.2) is 30.7 Å². The number of pyridine rings is 1. The number of carbonyl (C=O) groups is 2. The minimum Gasteiger partial charge on any atom is -1.00 e. The Kier molecular flexibility index (Phi) is 10.3. The van der Waals surface area contributed by atoms with Gasteiger partial charge in [-0.15, -0.1) is 0 Å². The van der Waals surface area contributed by atoms with E-state index in [2.05, 4.69) is 27.3 Å². The maximum atomic E-state index is 12.0. The fraction of sp³-hybridized carbons (Fsp3) is 0.522. The monoisotopic (exact) mass is 556 g/mol. The van der Waals surface area contributed by atoms with Crippen LogP contribution in [0.1, 0.15) is 61.4 Å². The van der Waals surface area contributed by atoms with Crippen molar-refractivity contribution in [1.82, 2.24) is 15.2 Å². The lowest BCUT2D eigenvalue weighted by Gasteiger charge is -2.15. The van der Waals surface area contributed by atoms with Crippen LogP contribution in [0.3, 0.4) is 0 Å². The van der Waals surface area contributed by atoms with Gasteiger partial charge in [0.25, 0.3) is 0 Å². The third-order valence-electron chi connectivity index (χ3n) is 5.46. The summed E-state index contributed by atoms with van der Waals surface area (Å²) in [7, 11) is 1.99. The standard InChI is InChI=1S/C23H32N4O4.HI/c1-4-9-24-22(28)30-15-18-14-27-13-8-19(17-6-11-26(3)12-7-17)21(27)20(18)16-31-23(29)25-10-5-2;/h6-7,11-12,14,19H,4-5,8-10,13,15-16H2,1-3H3,(H-,24,25,28,29);1H. The lowest BCUT2D eigenvalue weighted by molar-refractivity contribution is -0.671. The molecule has 2 aromatic heterocycles. The van der Waals surface area contributed by atoms with Crippen LogP contribution in [-0.2, 0) is 36.3 Å². The van der Waals surface area contributed by atoms with E-state index in [4.69, 9.17) is 9.47 Å². The molecule has 0 bridgehead atoms. The normalized spacial score (nSPS) is 14.3. The van der Waals surface area contributed by atoms with Crippen LogP contribution in [0.4, 0.5) is 9.59 Å². The summed E-state index contributed by atoms with van der Waals surface area (Å²) in [6.07, 6.45) is 7.90. The van der Waals surface area contributed by atoms with Crippen molar-refractivity contribution >= 4 is 12.2 Å². The summed E-state index contributed by atoms with van der Waals surface area (Å²) in [5.41, 5.74) is 4.14. The smallest absolute Gasteiger partial charge is 0.407 e. The molecule has 32 heavy (non-hydrogen) atoms. The molecule has 2 N–H and O–H groups in total. The Morgan fingerprint density at radius 2 is 1.66 bits per heavy atom. The van der Waals surface area contributed by atoms with Gasteiger partial charge < -0.3 is 48.7 Å². The first-order valence-corrected chi connectivity index (χ1v) is 11.0. The molecule has 0 saturated carbocycles. The van der Waals surface area contributed by atoms with Crippen molar-refractivity contribution in [3.8, 4) is 0 Å². The number of rotatable bonds is 9.